The van der Waals surface area contributed by atoms with Crippen molar-refractivity contribution < 1.29 is 8.78 Å². The highest BCUT2D eigenvalue weighted by Gasteiger charge is 2.37. The van der Waals surface area contributed by atoms with Crippen LogP contribution < -0.4 is 5.32 Å². The molecule has 3 heteroatoms. The third kappa shape index (κ3) is 4.90. The zero-order valence-electron chi connectivity index (χ0n) is 11.4. The lowest BCUT2D eigenvalue weighted by Crippen LogP contribution is -2.38. The van der Waals surface area contributed by atoms with Crippen molar-refractivity contribution in [3.63, 3.8) is 0 Å². The van der Waals surface area contributed by atoms with Gasteiger partial charge in [0, 0.05) is 18.9 Å². The van der Waals surface area contributed by atoms with Crippen LogP contribution in [0, 0.1) is 11.8 Å². The maximum atomic E-state index is 13.4. The largest absolute Gasteiger partial charge is 0.314 e. The first-order chi connectivity index (χ1) is 7.98. The van der Waals surface area contributed by atoms with Gasteiger partial charge in [-0.1, -0.05) is 27.2 Å². The first-order valence-corrected chi connectivity index (χ1v) is 7.09. The Labute approximate surface area is 104 Å². The smallest absolute Gasteiger partial charge is 0.248 e. The monoisotopic (exact) mass is 247 g/mol. The quantitative estimate of drug-likeness (QED) is 0.740. The number of halogens is 2. The van der Waals surface area contributed by atoms with E-state index < -0.39 is 5.92 Å². The van der Waals surface area contributed by atoms with Gasteiger partial charge in [-0.05, 0) is 37.6 Å². The molecule has 0 aromatic rings. The summed E-state index contributed by atoms with van der Waals surface area (Å²) in [4.78, 5) is 0. The van der Waals surface area contributed by atoms with Crippen molar-refractivity contribution in [3.05, 3.63) is 0 Å². The van der Waals surface area contributed by atoms with Crippen molar-refractivity contribution in [1.29, 1.82) is 0 Å². The fraction of sp³-hybridized carbons (Fsp3) is 1.00. The number of hydrogen-bond donors (Lipinski definition) is 1. The standard InChI is InChI=1S/C14H27F2N/c1-4-11(3)13(17-5-2)9-12-7-6-8-14(15,16)10-12/h11-13,17H,4-10H2,1-3H3. The molecule has 0 spiro atoms. The van der Waals surface area contributed by atoms with Gasteiger partial charge in [-0.2, -0.15) is 0 Å². The van der Waals surface area contributed by atoms with Crippen molar-refractivity contribution in [2.24, 2.45) is 11.8 Å². The molecule has 1 nitrogen and oxygen atoms in total. The zero-order valence-corrected chi connectivity index (χ0v) is 11.4. The lowest BCUT2D eigenvalue weighted by molar-refractivity contribution is -0.0554. The molecule has 0 aromatic carbocycles. The Kier molecular flexibility index (Phi) is 5.84. The van der Waals surface area contributed by atoms with E-state index in [2.05, 4.69) is 26.1 Å². The Balaban J connectivity index is 2.48. The van der Waals surface area contributed by atoms with Gasteiger partial charge in [0.1, 0.15) is 0 Å². The Morgan fingerprint density at radius 2 is 2.06 bits per heavy atom. The molecule has 1 aliphatic rings. The van der Waals surface area contributed by atoms with E-state index in [4.69, 9.17) is 0 Å². The molecule has 0 amide bonds. The third-order valence-electron chi connectivity index (χ3n) is 4.13. The van der Waals surface area contributed by atoms with E-state index >= 15 is 0 Å². The molecule has 0 radical (unpaired) electrons. The number of rotatable bonds is 6. The van der Waals surface area contributed by atoms with Gasteiger partial charge in [0.15, 0.2) is 0 Å². The fourth-order valence-corrected chi connectivity index (χ4v) is 2.90. The van der Waals surface area contributed by atoms with E-state index in [0.29, 0.717) is 18.4 Å². The number of alkyl halides is 2. The van der Waals surface area contributed by atoms with E-state index in [1.54, 1.807) is 0 Å². The number of hydrogen-bond acceptors (Lipinski definition) is 1. The van der Waals surface area contributed by atoms with Crippen LogP contribution in [0.15, 0.2) is 0 Å². The Morgan fingerprint density at radius 3 is 2.59 bits per heavy atom. The van der Waals surface area contributed by atoms with Crippen LogP contribution in [0.5, 0.6) is 0 Å². The summed E-state index contributed by atoms with van der Waals surface area (Å²) in [6.07, 6.45) is 3.90. The fourth-order valence-electron chi connectivity index (χ4n) is 2.90. The highest BCUT2D eigenvalue weighted by atomic mass is 19.3. The molecule has 0 heterocycles. The molecule has 17 heavy (non-hydrogen) atoms. The van der Waals surface area contributed by atoms with Gasteiger partial charge in [0.25, 0.3) is 0 Å². The summed E-state index contributed by atoms with van der Waals surface area (Å²) < 4.78 is 26.7. The summed E-state index contributed by atoms with van der Waals surface area (Å²) in [7, 11) is 0. The predicted octanol–water partition coefficient (Wildman–Crippen LogP) is 4.23. The van der Waals surface area contributed by atoms with Crippen LogP contribution in [0.25, 0.3) is 0 Å². The van der Waals surface area contributed by atoms with Crippen molar-refractivity contribution in [3.8, 4) is 0 Å². The molecule has 1 N–H and O–H groups in total. The molecule has 3 unspecified atom stereocenters. The molecular weight excluding hydrogens is 220 g/mol. The average molecular weight is 247 g/mol. The lowest BCUT2D eigenvalue weighted by atomic mass is 9.80. The molecule has 0 aromatic heterocycles. The number of nitrogens with one attached hydrogen (secondary N) is 1. The van der Waals surface area contributed by atoms with Crippen LogP contribution in [-0.2, 0) is 0 Å². The van der Waals surface area contributed by atoms with E-state index in [0.717, 1.165) is 25.8 Å². The molecule has 1 fully saturated rings. The van der Waals surface area contributed by atoms with Gasteiger partial charge in [-0.3, -0.25) is 0 Å². The molecule has 1 aliphatic carbocycles. The van der Waals surface area contributed by atoms with Crippen molar-refractivity contribution >= 4 is 0 Å². The second-order valence-corrected chi connectivity index (χ2v) is 5.60. The van der Waals surface area contributed by atoms with Crippen LogP contribution in [0.2, 0.25) is 0 Å². The molecule has 0 bridgehead atoms. The van der Waals surface area contributed by atoms with Crippen LogP contribution in [0.1, 0.15) is 59.3 Å². The topological polar surface area (TPSA) is 12.0 Å². The minimum Gasteiger partial charge on any atom is -0.314 e. The zero-order chi connectivity index (χ0) is 12.9. The Bertz CT molecular complexity index is 218. The summed E-state index contributed by atoms with van der Waals surface area (Å²) in [5.74, 6) is -1.63. The minimum atomic E-state index is -2.41. The second kappa shape index (κ2) is 6.67. The van der Waals surface area contributed by atoms with Gasteiger partial charge in [-0.15, -0.1) is 0 Å². The first kappa shape index (κ1) is 14.9. The van der Waals surface area contributed by atoms with E-state index in [1.807, 2.05) is 0 Å². The molecule has 0 aliphatic heterocycles. The normalized spacial score (nSPS) is 27.7. The highest BCUT2D eigenvalue weighted by Crippen LogP contribution is 2.39. The van der Waals surface area contributed by atoms with Crippen LogP contribution >= 0.6 is 0 Å². The maximum Gasteiger partial charge on any atom is 0.248 e. The predicted molar refractivity (Wildman–Crippen MR) is 68.4 cm³/mol. The maximum absolute atomic E-state index is 13.4. The van der Waals surface area contributed by atoms with Gasteiger partial charge >= 0.3 is 0 Å². The average Bonchev–Trinajstić information content (AvgIpc) is 2.26. The third-order valence-corrected chi connectivity index (χ3v) is 4.13. The Hall–Kier alpha value is -0.180. The molecule has 102 valence electrons. The summed E-state index contributed by atoms with van der Waals surface area (Å²) in [5, 5.41) is 3.46. The van der Waals surface area contributed by atoms with E-state index in [9.17, 15) is 8.78 Å². The lowest BCUT2D eigenvalue weighted by Gasteiger charge is -2.33. The van der Waals surface area contributed by atoms with E-state index in [-0.39, 0.29) is 18.8 Å². The summed E-state index contributed by atoms with van der Waals surface area (Å²) in [6.45, 7) is 7.40. The molecular formula is C14H27F2N. The second-order valence-electron chi connectivity index (χ2n) is 5.60. The van der Waals surface area contributed by atoms with Crippen LogP contribution in [-0.4, -0.2) is 18.5 Å². The molecule has 3 atom stereocenters. The summed E-state index contributed by atoms with van der Waals surface area (Å²) in [6, 6.07) is 0.406. The SMILES string of the molecule is CCNC(CC1CCCC(F)(F)C1)C(C)CC. The molecule has 1 saturated carbocycles. The molecule has 0 saturated heterocycles. The first-order valence-electron chi connectivity index (χ1n) is 7.09. The van der Waals surface area contributed by atoms with Crippen molar-refractivity contribution in [2.75, 3.05) is 6.54 Å². The molecule has 1 rings (SSSR count). The van der Waals surface area contributed by atoms with Gasteiger partial charge in [-0.25, -0.2) is 8.78 Å². The van der Waals surface area contributed by atoms with Crippen molar-refractivity contribution in [2.45, 2.75) is 71.3 Å². The Morgan fingerprint density at radius 1 is 1.35 bits per heavy atom. The van der Waals surface area contributed by atoms with Crippen molar-refractivity contribution in [1.82, 2.24) is 5.32 Å². The van der Waals surface area contributed by atoms with Gasteiger partial charge in [0.2, 0.25) is 5.92 Å². The summed E-state index contributed by atoms with van der Waals surface area (Å²) in [5.41, 5.74) is 0. The highest BCUT2D eigenvalue weighted by molar-refractivity contribution is 4.83. The van der Waals surface area contributed by atoms with Gasteiger partial charge < -0.3 is 5.32 Å². The van der Waals surface area contributed by atoms with Gasteiger partial charge in [0.05, 0.1) is 0 Å². The minimum absolute atomic E-state index is 0.0959. The van der Waals surface area contributed by atoms with E-state index in [1.165, 1.54) is 0 Å². The summed E-state index contributed by atoms with van der Waals surface area (Å²) >= 11 is 0. The van der Waals surface area contributed by atoms with Crippen LogP contribution in [0.3, 0.4) is 0 Å². The van der Waals surface area contributed by atoms with Crippen LogP contribution in [0.4, 0.5) is 8.78 Å².